The summed E-state index contributed by atoms with van der Waals surface area (Å²) in [5.74, 6) is 0.785. The number of H-pyrrole nitrogens is 1. The Kier molecular flexibility index (Phi) is 5.47. The van der Waals surface area contributed by atoms with Crippen LogP contribution in [0.4, 0.5) is 0 Å². The van der Waals surface area contributed by atoms with E-state index in [9.17, 15) is 0 Å². The summed E-state index contributed by atoms with van der Waals surface area (Å²) in [4.78, 5) is 0. The highest BCUT2D eigenvalue weighted by Gasteiger charge is 2.15. The molecule has 1 aromatic heterocycles. The molecule has 0 fully saturated rings. The monoisotopic (exact) mass is 279 g/mol. The Bertz CT molecular complexity index is 446. The molecule has 0 aromatic carbocycles. The molecule has 2 rings (SSSR count). The van der Waals surface area contributed by atoms with Crippen molar-refractivity contribution in [2.45, 2.75) is 54.4 Å². The molecule has 20 heavy (non-hydrogen) atoms. The fourth-order valence-corrected chi connectivity index (χ4v) is 1.67. The van der Waals surface area contributed by atoms with Crippen LogP contribution < -0.4 is 0 Å². The number of tetrazole rings is 1. The third-order valence-electron chi connectivity index (χ3n) is 2.31. The Labute approximate surface area is 120 Å². The van der Waals surface area contributed by atoms with Crippen molar-refractivity contribution in [1.82, 2.24) is 20.6 Å². The predicted octanol–water partition coefficient (Wildman–Crippen LogP) is 3.03. The molecule has 0 atom stereocenters. The standard InChI is InChI=1S/C7H13N3.C6H12N4/c1-7(2,3)4-6-5-8-10-9-6;1-6(2,3)4-5-7-9-10-8-5/h4-5H2,1-3H3;4H2,1-3H3,(H,7,8,9,10). The molecule has 1 aliphatic heterocycles. The van der Waals surface area contributed by atoms with Gasteiger partial charge in [0.1, 0.15) is 6.54 Å². The zero-order chi connectivity index (χ0) is 15.2. The number of nitrogens with one attached hydrogen (secondary N) is 1. The average molecular weight is 279 g/mol. The molecule has 1 N–H and O–H groups in total. The van der Waals surface area contributed by atoms with Gasteiger partial charge in [0.05, 0.1) is 5.71 Å². The highest BCUT2D eigenvalue weighted by atomic mass is 15.5. The fourth-order valence-electron chi connectivity index (χ4n) is 1.67. The molecular weight excluding hydrogens is 254 g/mol. The molecule has 0 saturated carbocycles. The maximum atomic E-state index is 3.90. The first-order valence-corrected chi connectivity index (χ1v) is 6.80. The lowest BCUT2D eigenvalue weighted by Crippen LogP contribution is -2.13. The van der Waals surface area contributed by atoms with Crippen LogP contribution in [0.15, 0.2) is 15.4 Å². The first kappa shape index (κ1) is 16.4. The van der Waals surface area contributed by atoms with E-state index in [0.717, 1.165) is 24.4 Å². The Morgan fingerprint density at radius 3 is 2.05 bits per heavy atom. The normalized spacial score (nSPS) is 14.8. The first-order chi connectivity index (χ1) is 9.16. The van der Waals surface area contributed by atoms with Gasteiger partial charge in [0.15, 0.2) is 5.82 Å². The van der Waals surface area contributed by atoms with Crippen LogP contribution in [-0.2, 0) is 6.42 Å². The summed E-state index contributed by atoms with van der Waals surface area (Å²) in [5, 5.41) is 24.8. The topological polar surface area (TPSA) is 91.5 Å². The second-order valence-corrected chi connectivity index (χ2v) is 7.36. The minimum Gasteiger partial charge on any atom is -0.177 e. The summed E-state index contributed by atoms with van der Waals surface area (Å²) in [7, 11) is 0. The summed E-state index contributed by atoms with van der Waals surface area (Å²) in [6.45, 7) is 13.7. The zero-order valence-electron chi connectivity index (χ0n) is 13.3. The fraction of sp³-hybridized carbons (Fsp3) is 0.846. The lowest BCUT2D eigenvalue weighted by molar-refractivity contribution is 0.401. The number of hydrogen-bond acceptors (Lipinski definition) is 6. The maximum absolute atomic E-state index is 3.90. The van der Waals surface area contributed by atoms with Crippen LogP contribution in [0.3, 0.4) is 0 Å². The highest BCUT2D eigenvalue weighted by Crippen LogP contribution is 2.20. The Hall–Kier alpha value is -1.66. The quantitative estimate of drug-likeness (QED) is 0.901. The van der Waals surface area contributed by atoms with Gasteiger partial charge in [-0.15, -0.1) is 15.3 Å². The van der Waals surface area contributed by atoms with Gasteiger partial charge < -0.3 is 0 Å². The van der Waals surface area contributed by atoms with Crippen LogP contribution >= 0.6 is 0 Å². The molecule has 7 heteroatoms. The second kappa shape index (κ2) is 6.67. The summed E-state index contributed by atoms with van der Waals surface area (Å²) in [5.41, 5.74) is 1.66. The van der Waals surface area contributed by atoms with Gasteiger partial charge in [-0.3, -0.25) is 0 Å². The molecule has 0 amide bonds. The van der Waals surface area contributed by atoms with Crippen LogP contribution in [0.2, 0.25) is 0 Å². The van der Waals surface area contributed by atoms with Gasteiger partial charge in [0.25, 0.3) is 0 Å². The Balaban J connectivity index is 0.000000200. The van der Waals surface area contributed by atoms with Crippen LogP contribution in [0, 0.1) is 10.8 Å². The second-order valence-electron chi connectivity index (χ2n) is 7.36. The van der Waals surface area contributed by atoms with Gasteiger partial charge in [0, 0.05) is 6.42 Å². The van der Waals surface area contributed by atoms with Crippen molar-refractivity contribution >= 4 is 5.71 Å². The SMILES string of the molecule is CC(C)(C)CC1=NN=NC1.CC(C)(C)Cc1nn[nH]n1. The van der Waals surface area contributed by atoms with Crippen LogP contribution in [0.1, 0.15) is 53.8 Å². The lowest BCUT2D eigenvalue weighted by Gasteiger charge is -2.16. The Morgan fingerprint density at radius 1 is 1.00 bits per heavy atom. The van der Waals surface area contributed by atoms with Gasteiger partial charge in [-0.1, -0.05) is 46.8 Å². The number of hydrogen-bond donors (Lipinski definition) is 1. The smallest absolute Gasteiger partial charge is 0.175 e. The number of nitrogens with zero attached hydrogens (tertiary/aromatic N) is 6. The van der Waals surface area contributed by atoms with Crippen molar-refractivity contribution in [3.63, 3.8) is 0 Å². The van der Waals surface area contributed by atoms with E-state index in [4.69, 9.17) is 0 Å². The zero-order valence-corrected chi connectivity index (χ0v) is 13.3. The van der Waals surface area contributed by atoms with Gasteiger partial charge >= 0.3 is 0 Å². The predicted molar refractivity (Wildman–Crippen MR) is 78.6 cm³/mol. The van der Waals surface area contributed by atoms with Crippen molar-refractivity contribution < 1.29 is 0 Å². The van der Waals surface area contributed by atoms with E-state index in [1.165, 1.54) is 0 Å². The number of aromatic nitrogens is 4. The summed E-state index contributed by atoms with van der Waals surface area (Å²) in [6, 6.07) is 0. The molecule has 1 aliphatic rings. The summed E-state index contributed by atoms with van der Waals surface area (Å²) in [6.07, 6.45) is 1.86. The molecular formula is C13H25N7. The molecule has 1 aromatic rings. The van der Waals surface area contributed by atoms with E-state index in [-0.39, 0.29) is 5.41 Å². The van der Waals surface area contributed by atoms with Gasteiger partial charge in [-0.05, 0) is 22.5 Å². The molecule has 7 nitrogen and oxygen atoms in total. The third-order valence-corrected chi connectivity index (χ3v) is 2.31. The van der Waals surface area contributed by atoms with Crippen molar-refractivity contribution in [3.05, 3.63) is 5.82 Å². The van der Waals surface area contributed by atoms with Crippen molar-refractivity contribution in [3.8, 4) is 0 Å². The molecule has 0 aliphatic carbocycles. The van der Waals surface area contributed by atoms with Crippen molar-refractivity contribution in [2.75, 3.05) is 6.54 Å². The summed E-state index contributed by atoms with van der Waals surface area (Å²) < 4.78 is 0. The minimum absolute atomic E-state index is 0.240. The van der Waals surface area contributed by atoms with Crippen LogP contribution in [0.25, 0.3) is 0 Å². The van der Waals surface area contributed by atoms with Crippen LogP contribution in [-0.4, -0.2) is 32.9 Å². The van der Waals surface area contributed by atoms with E-state index in [1.54, 1.807) is 0 Å². The number of aromatic amines is 1. The third kappa shape index (κ3) is 7.70. The molecule has 0 spiro atoms. The van der Waals surface area contributed by atoms with Gasteiger partial charge in [-0.25, -0.2) is 0 Å². The van der Waals surface area contributed by atoms with Crippen molar-refractivity contribution in [1.29, 1.82) is 0 Å². The van der Waals surface area contributed by atoms with Gasteiger partial charge in [0.2, 0.25) is 0 Å². The minimum atomic E-state index is 0.240. The van der Waals surface area contributed by atoms with Crippen molar-refractivity contribution in [2.24, 2.45) is 26.3 Å². The van der Waals surface area contributed by atoms with E-state index < -0.39 is 0 Å². The highest BCUT2D eigenvalue weighted by molar-refractivity contribution is 5.87. The van der Waals surface area contributed by atoms with Gasteiger partial charge in [-0.2, -0.15) is 10.3 Å². The lowest BCUT2D eigenvalue weighted by atomic mass is 9.90. The molecule has 2 heterocycles. The summed E-state index contributed by atoms with van der Waals surface area (Å²) >= 11 is 0. The van der Waals surface area contributed by atoms with Crippen LogP contribution in [0.5, 0.6) is 0 Å². The largest absolute Gasteiger partial charge is 0.177 e. The van der Waals surface area contributed by atoms with E-state index in [1.807, 2.05) is 0 Å². The molecule has 0 unspecified atom stereocenters. The molecule has 0 bridgehead atoms. The van der Waals surface area contributed by atoms with E-state index in [2.05, 4.69) is 77.6 Å². The Morgan fingerprint density at radius 2 is 1.65 bits per heavy atom. The van der Waals surface area contributed by atoms with E-state index >= 15 is 0 Å². The molecule has 0 saturated heterocycles. The molecule has 112 valence electrons. The average Bonchev–Trinajstić information content (AvgIpc) is 2.87. The van der Waals surface area contributed by atoms with E-state index in [0.29, 0.717) is 12.0 Å². The number of rotatable bonds is 2. The molecule has 0 radical (unpaired) electrons. The maximum Gasteiger partial charge on any atom is 0.175 e. The first-order valence-electron chi connectivity index (χ1n) is 6.80.